The van der Waals surface area contributed by atoms with Gasteiger partial charge in [-0.1, -0.05) is 41.5 Å². The minimum Gasteiger partial charge on any atom is -0.356 e. The molecule has 0 bridgehead atoms. The maximum atomic E-state index is 12.4. The Hall–Kier alpha value is -0.570. The number of nitrogens with zero attached hydrogens (tertiary/aromatic N) is 1. The number of amides is 1. The van der Waals surface area contributed by atoms with Gasteiger partial charge in [-0.3, -0.25) is 4.79 Å². The second-order valence-corrected chi connectivity index (χ2v) is 10.9. The molecule has 0 aromatic carbocycles. The Balaban J connectivity index is 1.65. The topological polar surface area (TPSA) is 32.3 Å². The molecule has 1 aliphatic heterocycles. The highest BCUT2D eigenvalue weighted by Gasteiger charge is 2.45. The van der Waals surface area contributed by atoms with Crippen LogP contribution in [0.5, 0.6) is 0 Å². The van der Waals surface area contributed by atoms with Crippen molar-refractivity contribution in [3.63, 3.8) is 0 Å². The van der Waals surface area contributed by atoms with Gasteiger partial charge in [0.05, 0.1) is 0 Å². The summed E-state index contributed by atoms with van der Waals surface area (Å²) >= 11 is 0. The summed E-state index contributed by atoms with van der Waals surface area (Å²) in [4.78, 5) is 15.0. The Labute approximate surface area is 149 Å². The lowest BCUT2D eigenvalue weighted by molar-refractivity contribution is -0.128. The predicted octanol–water partition coefficient (Wildman–Crippen LogP) is 4.47. The number of likely N-dealkylation sites (tertiary alicyclic amines) is 1. The maximum Gasteiger partial charge on any atom is 0.223 e. The van der Waals surface area contributed by atoms with Crippen LogP contribution in [0.2, 0.25) is 0 Å². The summed E-state index contributed by atoms with van der Waals surface area (Å²) in [5.41, 5.74) is 1.28. The zero-order valence-electron chi connectivity index (χ0n) is 17.0. The van der Waals surface area contributed by atoms with E-state index in [0.717, 1.165) is 25.8 Å². The number of nitrogens with one attached hydrogen (secondary N) is 1. The number of hydrogen-bond acceptors (Lipinski definition) is 2. The van der Waals surface area contributed by atoms with Crippen LogP contribution in [0.1, 0.15) is 80.1 Å². The first kappa shape index (κ1) is 19.8. The van der Waals surface area contributed by atoms with E-state index in [1.807, 2.05) is 0 Å². The summed E-state index contributed by atoms with van der Waals surface area (Å²) in [6.45, 7) is 18.3. The maximum absolute atomic E-state index is 12.4. The van der Waals surface area contributed by atoms with Gasteiger partial charge in [-0.05, 0) is 61.3 Å². The Bertz CT molecular complexity index is 414. The number of carbonyl (C=O) groups excluding carboxylic acids is 1. The fourth-order valence-corrected chi connectivity index (χ4v) is 4.07. The van der Waals surface area contributed by atoms with E-state index in [2.05, 4.69) is 51.8 Å². The van der Waals surface area contributed by atoms with E-state index in [9.17, 15) is 4.79 Å². The lowest BCUT2D eigenvalue weighted by atomic mass is 9.65. The fraction of sp³-hybridized carbons (Fsp3) is 0.952. The van der Waals surface area contributed by atoms with Crippen molar-refractivity contribution in [3.05, 3.63) is 0 Å². The molecule has 1 spiro atoms. The molecule has 0 radical (unpaired) electrons. The van der Waals surface area contributed by atoms with E-state index in [1.165, 1.54) is 38.9 Å². The first-order valence-electron chi connectivity index (χ1n) is 9.98. The molecule has 1 heterocycles. The van der Waals surface area contributed by atoms with E-state index in [0.29, 0.717) is 22.2 Å². The number of carbonyl (C=O) groups is 1. The second kappa shape index (κ2) is 7.35. The first-order chi connectivity index (χ1) is 11.0. The quantitative estimate of drug-likeness (QED) is 0.803. The summed E-state index contributed by atoms with van der Waals surface area (Å²) in [6.07, 6.45) is 7.01. The molecule has 2 fully saturated rings. The summed E-state index contributed by atoms with van der Waals surface area (Å²) in [7, 11) is 0. The van der Waals surface area contributed by atoms with Gasteiger partial charge in [0.1, 0.15) is 0 Å². The van der Waals surface area contributed by atoms with Crippen LogP contribution in [0.25, 0.3) is 0 Å². The Morgan fingerprint density at radius 1 is 1.00 bits per heavy atom. The van der Waals surface area contributed by atoms with Crippen LogP contribution >= 0.6 is 0 Å². The smallest absolute Gasteiger partial charge is 0.223 e. The molecular formula is C21H40N2O. The molecule has 1 saturated heterocycles. The Morgan fingerprint density at radius 2 is 1.54 bits per heavy atom. The van der Waals surface area contributed by atoms with Crippen molar-refractivity contribution in [2.24, 2.45) is 22.2 Å². The summed E-state index contributed by atoms with van der Waals surface area (Å²) in [5, 5.41) is 3.17. The number of rotatable bonds is 5. The van der Waals surface area contributed by atoms with Crippen LogP contribution < -0.4 is 5.32 Å². The monoisotopic (exact) mass is 336 g/mol. The lowest BCUT2D eigenvalue weighted by Gasteiger charge is -2.54. The van der Waals surface area contributed by atoms with Crippen molar-refractivity contribution < 1.29 is 4.79 Å². The van der Waals surface area contributed by atoms with Crippen LogP contribution in [0.4, 0.5) is 0 Å². The van der Waals surface area contributed by atoms with Gasteiger partial charge in [-0.2, -0.15) is 0 Å². The first-order valence-corrected chi connectivity index (χ1v) is 9.98. The SMILES string of the molecule is CC(C)(C)CCNC(=O)C1CCC2(CC1)CN(CCC(C)(C)C)C2. The van der Waals surface area contributed by atoms with Crippen LogP contribution in [0.15, 0.2) is 0 Å². The van der Waals surface area contributed by atoms with Crippen molar-refractivity contribution in [1.29, 1.82) is 0 Å². The molecule has 2 aliphatic rings. The van der Waals surface area contributed by atoms with Crippen LogP contribution in [0, 0.1) is 22.2 Å². The van der Waals surface area contributed by atoms with Gasteiger partial charge in [0, 0.05) is 25.6 Å². The molecule has 2 rings (SSSR count). The van der Waals surface area contributed by atoms with E-state index in [4.69, 9.17) is 0 Å². The number of hydrogen-bond donors (Lipinski definition) is 1. The Morgan fingerprint density at radius 3 is 2.04 bits per heavy atom. The minimum atomic E-state index is 0.263. The molecule has 0 atom stereocenters. The molecule has 1 N–H and O–H groups in total. The average Bonchev–Trinajstić information content (AvgIpc) is 2.41. The van der Waals surface area contributed by atoms with E-state index < -0.39 is 0 Å². The van der Waals surface area contributed by atoms with Gasteiger partial charge < -0.3 is 10.2 Å². The summed E-state index contributed by atoms with van der Waals surface area (Å²) < 4.78 is 0. The lowest BCUT2D eigenvalue weighted by Crippen LogP contribution is -2.58. The van der Waals surface area contributed by atoms with E-state index in [1.54, 1.807) is 0 Å². The van der Waals surface area contributed by atoms with Crippen molar-refractivity contribution in [2.75, 3.05) is 26.2 Å². The molecular weight excluding hydrogens is 296 g/mol. The highest BCUT2D eigenvalue weighted by molar-refractivity contribution is 5.78. The minimum absolute atomic E-state index is 0.263. The molecule has 140 valence electrons. The van der Waals surface area contributed by atoms with Gasteiger partial charge in [-0.25, -0.2) is 0 Å². The normalized spacial score (nSPS) is 22.4. The van der Waals surface area contributed by atoms with Gasteiger partial charge in [-0.15, -0.1) is 0 Å². The molecule has 0 aromatic heterocycles. The van der Waals surface area contributed by atoms with Gasteiger partial charge >= 0.3 is 0 Å². The van der Waals surface area contributed by atoms with Gasteiger partial charge in [0.2, 0.25) is 5.91 Å². The molecule has 1 amide bonds. The van der Waals surface area contributed by atoms with Crippen LogP contribution in [-0.2, 0) is 4.79 Å². The average molecular weight is 337 g/mol. The van der Waals surface area contributed by atoms with Crippen molar-refractivity contribution in [1.82, 2.24) is 10.2 Å². The highest BCUT2D eigenvalue weighted by Crippen LogP contribution is 2.45. The third kappa shape index (κ3) is 6.06. The fourth-order valence-electron chi connectivity index (χ4n) is 4.07. The van der Waals surface area contributed by atoms with Crippen molar-refractivity contribution in [2.45, 2.75) is 80.1 Å². The summed E-state index contributed by atoms with van der Waals surface area (Å²) in [5.74, 6) is 0.567. The Kier molecular flexibility index (Phi) is 6.05. The zero-order valence-corrected chi connectivity index (χ0v) is 17.0. The van der Waals surface area contributed by atoms with Crippen LogP contribution in [0.3, 0.4) is 0 Å². The van der Waals surface area contributed by atoms with Gasteiger partial charge in [0.25, 0.3) is 0 Å². The standard InChI is InChI=1S/C21H40N2O/c1-19(2,3)11-13-22-18(24)17-7-9-21(10-8-17)15-23(16-21)14-12-20(4,5)6/h17H,7-16H2,1-6H3,(H,22,24). The highest BCUT2D eigenvalue weighted by atomic mass is 16.1. The molecule has 1 saturated carbocycles. The zero-order chi connectivity index (χ0) is 18.0. The molecule has 0 unspecified atom stereocenters. The van der Waals surface area contributed by atoms with Crippen LogP contribution in [-0.4, -0.2) is 37.0 Å². The van der Waals surface area contributed by atoms with E-state index in [-0.39, 0.29) is 5.92 Å². The van der Waals surface area contributed by atoms with E-state index >= 15 is 0 Å². The third-order valence-corrected chi connectivity index (χ3v) is 5.89. The third-order valence-electron chi connectivity index (χ3n) is 5.89. The molecule has 1 aliphatic carbocycles. The van der Waals surface area contributed by atoms with Crippen molar-refractivity contribution >= 4 is 5.91 Å². The predicted molar refractivity (Wildman–Crippen MR) is 102 cm³/mol. The second-order valence-electron chi connectivity index (χ2n) is 10.9. The molecule has 3 nitrogen and oxygen atoms in total. The van der Waals surface area contributed by atoms with Gasteiger partial charge in [0.15, 0.2) is 0 Å². The molecule has 0 aromatic rings. The molecule has 3 heteroatoms. The largest absolute Gasteiger partial charge is 0.356 e. The summed E-state index contributed by atoms with van der Waals surface area (Å²) in [6, 6.07) is 0. The molecule has 24 heavy (non-hydrogen) atoms. The van der Waals surface area contributed by atoms with Crippen molar-refractivity contribution in [3.8, 4) is 0 Å².